The number of ketones is 1. The molecule has 1 unspecified atom stereocenters. The molecule has 26 heavy (non-hydrogen) atoms. The zero-order valence-corrected chi connectivity index (χ0v) is 15.0. The summed E-state index contributed by atoms with van der Waals surface area (Å²) in [4.78, 5) is 27.0. The van der Waals surface area contributed by atoms with Gasteiger partial charge in [0.25, 0.3) is 5.91 Å². The van der Waals surface area contributed by atoms with Crippen LogP contribution >= 0.6 is 0 Å². The third-order valence-corrected chi connectivity index (χ3v) is 6.14. The summed E-state index contributed by atoms with van der Waals surface area (Å²) in [6.07, 6.45) is 1.55. The van der Waals surface area contributed by atoms with Gasteiger partial charge in [-0.15, -0.1) is 0 Å². The quantitative estimate of drug-likeness (QED) is 0.769. The molecule has 0 bridgehead atoms. The van der Waals surface area contributed by atoms with Gasteiger partial charge in [-0.3, -0.25) is 9.59 Å². The fourth-order valence-electron chi connectivity index (χ4n) is 3.06. The number of carbonyl (C=O) groups excluding carboxylic acids is 2. The van der Waals surface area contributed by atoms with Gasteiger partial charge in [0.15, 0.2) is 15.6 Å². The van der Waals surface area contributed by atoms with Crippen molar-refractivity contribution in [2.75, 3.05) is 19.3 Å². The summed E-state index contributed by atoms with van der Waals surface area (Å²) in [5.41, 5.74) is 0.713. The number of sulfone groups is 1. The molecule has 1 aliphatic rings. The lowest BCUT2D eigenvalue weighted by Crippen LogP contribution is -2.32. The Labute approximate surface area is 151 Å². The highest BCUT2D eigenvalue weighted by molar-refractivity contribution is 7.91. The highest BCUT2D eigenvalue weighted by Gasteiger charge is 2.34. The van der Waals surface area contributed by atoms with Gasteiger partial charge in [0, 0.05) is 30.5 Å². The van der Waals surface area contributed by atoms with E-state index in [1.165, 1.54) is 29.2 Å². The number of carbonyl (C=O) groups is 2. The fourth-order valence-corrected chi connectivity index (χ4v) is 4.04. The van der Waals surface area contributed by atoms with Crippen LogP contribution in [0.5, 0.6) is 0 Å². The van der Waals surface area contributed by atoms with Crippen molar-refractivity contribution in [3.63, 3.8) is 0 Å². The van der Waals surface area contributed by atoms with Crippen molar-refractivity contribution in [2.45, 2.75) is 11.7 Å². The molecule has 1 fully saturated rings. The molecule has 1 amide bonds. The van der Waals surface area contributed by atoms with Crippen LogP contribution in [-0.4, -0.2) is 49.6 Å². The molecule has 0 aliphatic carbocycles. The highest BCUT2D eigenvalue weighted by atomic mass is 32.2. The smallest absolute Gasteiger partial charge is 0.254 e. The van der Waals surface area contributed by atoms with Crippen molar-refractivity contribution in [1.29, 1.82) is 0 Å². The molecule has 0 aromatic heterocycles. The Balaban J connectivity index is 1.89. The molecule has 2 aromatic rings. The first kappa shape index (κ1) is 18.3. The van der Waals surface area contributed by atoms with E-state index in [0.29, 0.717) is 13.0 Å². The molecule has 0 spiro atoms. The van der Waals surface area contributed by atoms with E-state index in [1.54, 1.807) is 24.3 Å². The summed E-state index contributed by atoms with van der Waals surface area (Å²) in [5.74, 6) is -1.20. The lowest BCUT2D eigenvalue weighted by atomic mass is 9.97. The molecule has 7 heteroatoms. The van der Waals surface area contributed by atoms with Crippen LogP contribution in [0.15, 0.2) is 48.5 Å². The molecular formula is C19H18FNO4S. The normalized spacial score (nSPS) is 17.3. The third-order valence-electron chi connectivity index (χ3n) is 4.55. The third kappa shape index (κ3) is 3.67. The zero-order chi connectivity index (χ0) is 18.9. The lowest BCUT2D eigenvalue weighted by molar-refractivity contribution is 0.0788. The first-order chi connectivity index (χ1) is 12.3. The van der Waals surface area contributed by atoms with E-state index in [4.69, 9.17) is 0 Å². The second-order valence-electron chi connectivity index (χ2n) is 6.37. The summed E-state index contributed by atoms with van der Waals surface area (Å²) in [5, 5.41) is -0.577. The first-order valence-corrected chi connectivity index (χ1v) is 10.1. The van der Waals surface area contributed by atoms with Crippen LogP contribution in [0.25, 0.3) is 0 Å². The van der Waals surface area contributed by atoms with Crippen molar-refractivity contribution in [3.8, 4) is 0 Å². The minimum Gasteiger partial charge on any atom is -0.337 e. The van der Waals surface area contributed by atoms with Crippen molar-refractivity contribution in [3.05, 3.63) is 71.0 Å². The van der Waals surface area contributed by atoms with Crippen LogP contribution in [-0.2, 0) is 9.84 Å². The first-order valence-electron chi connectivity index (χ1n) is 8.15. The molecule has 1 aliphatic heterocycles. The van der Waals surface area contributed by atoms with E-state index in [-0.39, 0.29) is 34.9 Å². The Morgan fingerprint density at radius 2 is 1.65 bits per heavy atom. The van der Waals surface area contributed by atoms with E-state index in [1.807, 2.05) is 0 Å². The minimum atomic E-state index is -3.22. The Kier molecular flexibility index (Phi) is 4.91. The molecule has 1 saturated heterocycles. The molecule has 0 saturated carbocycles. The van der Waals surface area contributed by atoms with E-state index < -0.39 is 20.9 Å². The van der Waals surface area contributed by atoms with E-state index >= 15 is 0 Å². The molecule has 136 valence electrons. The van der Waals surface area contributed by atoms with Crippen LogP contribution in [0.2, 0.25) is 0 Å². The van der Waals surface area contributed by atoms with Gasteiger partial charge in [0.05, 0.1) is 10.8 Å². The Morgan fingerprint density at radius 1 is 1.04 bits per heavy atom. The van der Waals surface area contributed by atoms with Gasteiger partial charge in [-0.25, -0.2) is 12.8 Å². The van der Waals surface area contributed by atoms with Gasteiger partial charge >= 0.3 is 0 Å². The van der Waals surface area contributed by atoms with Crippen molar-refractivity contribution < 1.29 is 22.4 Å². The van der Waals surface area contributed by atoms with Gasteiger partial charge in [0.2, 0.25) is 0 Å². The van der Waals surface area contributed by atoms with Crippen LogP contribution in [0.4, 0.5) is 4.39 Å². The van der Waals surface area contributed by atoms with Gasteiger partial charge in [-0.05, 0) is 36.8 Å². The largest absolute Gasteiger partial charge is 0.337 e. The predicted octanol–water partition coefficient (Wildman–Crippen LogP) is 2.32. The zero-order valence-electron chi connectivity index (χ0n) is 14.2. The van der Waals surface area contributed by atoms with E-state index in [9.17, 15) is 22.4 Å². The average molecular weight is 375 g/mol. The lowest BCUT2D eigenvalue weighted by Gasteiger charge is -2.18. The molecule has 0 N–H and O–H groups in total. The topological polar surface area (TPSA) is 71.5 Å². The molecular weight excluding hydrogens is 357 g/mol. The second-order valence-corrected chi connectivity index (χ2v) is 8.70. The minimum absolute atomic E-state index is 0.122. The fraction of sp³-hybridized carbons (Fsp3) is 0.263. The summed E-state index contributed by atoms with van der Waals surface area (Å²) in [6, 6.07) is 11.5. The number of halogens is 1. The van der Waals surface area contributed by atoms with E-state index in [0.717, 1.165) is 6.26 Å². The molecule has 0 radical (unpaired) electrons. The standard InChI is InChI=1S/C19H18FNO4S/c1-26(24,25)15-10-11-21(12-15)19(23)17-5-3-2-4-16(17)18(22)13-6-8-14(20)9-7-13/h2-9,15H,10-12H2,1H3. The average Bonchev–Trinajstić information content (AvgIpc) is 3.12. The maximum absolute atomic E-state index is 13.1. The number of likely N-dealkylation sites (tertiary alicyclic amines) is 1. The second kappa shape index (κ2) is 6.99. The summed E-state index contributed by atoms with van der Waals surface area (Å²) < 4.78 is 36.5. The number of rotatable bonds is 4. The number of hydrogen-bond acceptors (Lipinski definition) is 4. The predicted molar refractivity (Wildman–Crippen MR) is 95.4 cm³/mol. The van der Waals surface area contributed by atoms with Crippen molar-refractivity contribution >= 4 is 21.5 Å². The highest BCUT2D eigenvalue weighted by Crippen LogP contribution is 2.22. The Bertz CT molecular complexity index is 954. The molecule has 1 heterocycles. The van der Waals surface area contributed by atoms with Gasteiger partial charge < -0.3 is 4.90 Å². The molecule has 1 atom stereocenters. The van der Waals surface area contributed by atoms with Gasteiger partial charge in [0.1, 0.15) is 5.82 Å². The number of amides is 1. The van der Waals surface area contributed by atoms with Gasteiger partial charge in [-0.1, -0.05) is 18.2 Å². The van der Waals surface area contributed by atoms with Crippen LogP contribution < -0.4 is 0 Å². The van der Waals surface area contributed by atoms with Gasteiger partial charge in [-0.2, -0.15) is 0 Å². The summed E-state index contributed by atoms with van der Waals surface area (Å²) >= 11 is 0. The summed E-state index contributed by atoms with van der Waals surface area (Å²) in [6.45, 7) is 0.451. The van der Waals surface area contributed by atoms with Crippen LogP contribution in [0, 0.1) is 5.82 Å². The summed E-state index contributed by atoms with van der Waals surface area (Å²) in [7, 11) is -3.22. The maximum Gasteiger partial charge on any atom is 0.254 e. The Hall–Kier alpha value is -2.54. The molecule has 5 nitrogen and oxygen atoms in total. The Morgan fingerprint density at radius 3 is 2.23 bits per heavy atom. The molecule has 2 aromatic carbocycles. The number of benzene rings is 2. The number of nitrogens with zero attached hydrogens (tertiary/aromatic N) is 1. The number of hydrogen-bond donors (Lipinski definition) is 0. The van der Waals surface area contributed by atoms with E-state index in [2.05, 4.69) is 0 Å². The van der Waals surface area contributed by atoms with Crippen LogP contribution in [0.3, 0.4) is 0 Å². The SMILES string of the molecule is CS(=O)(=O)C1CCN(C(=O)c2ccccc2C(=O)c2ccc(F)cc2)C1. The van der Waals surface area contributed by atoms with Crippen molar-refractivity contribution in [1.82, 2.24) is 4.90 Å². The van der Waals surface area contributed by atoms with Crippen LogP contribution in [0.1, 0.15) is 32.7 Å². The monoisotopic (exact) mass is 375 g/mol. The molecule has 3 rings (SSSR count). The van der Waals surface area contributed by atoms with Crippen molar-refractivity contribution in [2.24, 2.45) is 0 Å². The maximum atomic E-state index is 13.1.